The third-order valence-electron chi connectivity index (χ3n) is 5.59. The fourth-order valence-electron chi connectivity index (χ4n) is 3.84. The van der Waals surface area contributed by atoms with Crippen molar-refractivity contribution in [1.82, 2.24) is 14.8 Å². The van der Waals surface area contributed by atoms with E-state index in [9.17, 15) is 13.2 Å². The fraction of sp³-hybridized carbons (Fsp3) is 0.524. The number of hydrogen-bond acceptors (Lipinski definition) is 5. The first-order valence-corrected chi connectivity index (χ1v) is 11.5. The minimum atomic E-state index is -3.66. The molecule has 0 aliphatic carbocycles. The SMILES string of the molecule is CC[C@@H](NC(=O)C1CCN(S(=O)(=O)c2c(C)noc2C)CC1)c1ccc(C)cc1. The van der Waals surface area contributed by atoms with Crippen molar-refractivity contribution >= 4 is 15.9 Å². The van der Waals surface area contributed by atoms with Crippen LogP contribution in [0.2, 0.25) is 0 Å². The van der Waals surface area contributed by atoms with Crippen LogP contribution in [0.3, 0.4) is 0 Å². The van der Waals surface area contributed by atoms with E-state index < -0.39 is 10.0 Å². The van der Waals surface area contributed by atoms with Crippen LogP contribution >= 0.6 is 0 Å². The third-order valence-corrected chi connectivity index (χ3v) is 7.74. The first-order valence-electron chi connectivity index (χ1n) is 10.0. The molecule has 1 aliphatic heterocycles. The molecule has 0 bridgehead atoms. The summed E-state index contributed by atoms with van der Waals surface area (Å²) in [6.07, 6.45) is 1.80. The first kappa shape index (κ1) is 21.5. The zero-order chi connectivity index (χ0) is 21.2. The van der Waals surface area contributed by atoms with Crippen molar-refractivity contribution in [3.63, 3.8) is 0 Å². The molecule has 7 nitrogen and oxygen atoms in total. The van der Waals surface area contributed by atoms with Crippen LogP contribution in [0.4, 0.5) is 0 Å². The highest BCUT2D eigenvalue weighted by Crippen LogP contribution is 2.28. The molecule has 1 aromatic heterocycles. The normalized spacial score (nSPS) is 17.2. The summed E-state index contributed by atoms with van der Waals surface area (Å²) in [7, 11) is -3.66. The van der Waals surface area contributed by atoms with E-state index in [1.54, 1.807) is 13.8 Å². The molecule has 3 rings (SSSR count). The number of aromatic nitrogens is 1. The van der Waals surface area contributed by atoms with Crippen LogP contribution in [0.1, 0.15) is 54.8 Å². The number of carbonyl (C=O) groups excluding carboxylic acids is 1. The van der Waals surface area contributed by atoms with Gasteiger partial charge in [0.05, 0.1) is 6.04 Å². The molecule has 1 saturated heterocycles. The fourth-order valence-corrected chi connectivity index (χ4v) is 5.60. The smallest absolute Gasteiger partial charge is 0.248 e. The molecule has 1 atom stereocenters. The van der Waals surface area contributed by atoms with E-state index in [1.807, 2.05) is 38.1 Å². The molecule has 0 spiro atoms. The minimum absolute atomic E-state index is 0.00758. The number of piperidine rings is 1. The van der Waals surface area contributed by atoms with Crippen LogP contribution in [0, 0.1) is 26.7 Å². The average molecular weight is 420 g/mol. The Kier molecular flexibility index (Phi) is 6.43. The lowest BCUT2D eigenvalue weighted by Gasteiger charge is -2.31. The lowest BCUT2D eigenvalue weighted by atomic mass is 9.95. The molecule has 8 heteroatoms. The number of benzene rings is 1. The Bertz CT molecular complexity index is 939. The molecule has 1 aromatic carbocycles. The Labute approximate surface area is 172 Å². The monoisotopic (exact) mass is 419 g/mol. The van der Waals surface area contributed by atoms with Gasteiger partial charge in [-0.05, 0) is 45.6 Å². The second-order valence-electron chi connectivity index (χ2n) is 7.71. The van der Waals surface area contributed by atoms with E-state index in [2.05, 4.69) is 10.5 Å². The van der Waals surface area contributed by atoms with Gasteiger partial charge in [0.1, 0.15) is 10.6 Å². The summed E-state index contributed by atoms with van der Waals surface area (Å²) in [6.45, 7) is 7.93. The van der Waals surface area contributed by atoms with Crippen LogP contribution in [-0.4, -0.2) is 36.9 Å². The van der Waals surface area contributed by atoms with Crippen molar-refractivity contribution in [2.24, 2.45) is 5.92 Å². The Morgan fingerprint density at radius 1 is 1.21 bits per heavy atom. The standard InChI is InChI=1S/C21H29N3O4S/c1-5-19(17-8-6-14(2)7-9-17)22-21(25)18-10-12-24(13-11-18)29(26,27)20-15(3)23-28-16(20)4/h6-9,18-19H,5,10-13H2,1-4H3,(H,22,25)/t19-/m1/s1. The second-order valence-corrected chi connectivity index (χ2v) is 9.59. The molecule has 29 heavy (non-hydrogen) atoms. The maximum Gasteiger partial charge on any atom is 0.248 e. The summed E-state index contributed by atoms with van der Waals surface area (Å²) in [6, 6.07) is 8.14. The summed E-state index contributed by atoms with van der Waals surface area (Å²) in [4.78, 5) is 12.9. The van der Waals surface area contributed by atoms with Crippen LogP contribution in [0.15, 0.2) is 33.7 Å². The summed E-state index contributed by atoms with van der Waals surface area (Å²) >= 11 is 0. The number of sulfonamides is 1. The van der Waals surface area contributed by atoms with Crippen molar-refractivity contribution in [2.75, 3.05) is 13.1 Å². The lowest BCUT2D eigenvalue weighted by Crippen LogP contribution is -2.43. The summed E-state index contributed by atoms with van der Waals surface area (Å²) in [5.74, 6) is 0.101. The van der Waals surface area contributed by atoms with Gasteiger partial charge in [-0.15, -0.1) is 0 Å². The molecular weight excluding hydrogens is 390 g/mol. The van der Waals surface area contributed by atoms with Crippen LogP contribution in [0.5, 0.6) is 0 Å². The van der Waals surface area contributed by atoms with Gasteiger partial charge in [-0.2, -0.15) is 4.31 Å². The zero-order valence-corrected chi connectivity index (χ0v) is 18.3. The van der Waals surface area contributed by atoms with Gasteiger partial charge >= 0.3 is 0 Å². The summed E-state index contributed by atoms with van der Waals surface area (Å²) < 4.78 is 32.3. The molecule has 0 unspecified atom stereocenters. The highest BCUT2D eigenvalue weighted by atomic mass is 32.2. The molecule has 1 amide bonds. The molecule has 0 saturated carbocycles. The largest absolute Gasteiger partial charge is 0.360 e. The maximum absolute atomic E-state index is 12.9. The van der Waals surface area contributed by atoms with Crippen molar-refractivity contribution in [3.05, 3.63) is 46.8 Å². The minimum Gasteiger partial charge on any atom is -0.360 e. The topological polar surface area (TPSA) is 92.5 Å². The van der Waals surface area contributed by atoms with E-state index >= 15 is 0 Å². The van der Waals surface area contributed by atoms with E-state index in [-0.39, 0.29) is 22.8 Å². The third kappa shape index (κ3) is 4.53. The van der Waals surface area contributed by atoms with Crippen molar-refractivity contribution in [2.45, 2.75) is 57.9 Å². The number of nitrogens with one attached hydrogen (secondary N) is 1. The number of nitrogens with zero attached hydrogens (tertiary/aromatic N) is 2. The van der Waals surface area contributed by atoms with Crippen molar-refractivity contribution in [1.29, 1.82) is 0 Å². The Hall–Kier alpha value is -2.19. The lowest BCUT2D eigenvalue weighted by molar-refractivity contribution is -0.126. The molecule has 0 radical (unpaired) electrons. The van der Waals surface area contributed by atoms with Crippen LogP contribution in [0.25, 0.3) is 0 Å². The highest BCUT2D eigenvalue weighted by molar-refractivity contribution is 7.89. The van der Waals surface area contributed by atoms with Gasteiger partial charge in [0.2, 0.25) is 15.9 Å². The molecule has 158 valence electrons. The van der Waals surface area contributed by atoms with E-state index in [4.69, 9.17) is 4.52 Å². The number of hydrogen-bond donors (Lipinski definition) is 1. The predicted molar refractivity (Wildman–Crippen MR) is 110 cm³/mol. The molecule has 2 heterocycles. The molecule has 2 aromatic rings. The molecule has 1 N–H and O–H groups in total. The van der Waals surface area contributed by atoms with Gasteiger partial charge in [0.15, 0.2) is 5.76 Å². The predicted octanol–water partition coefficient (Wildman–Crippen LogP) is 3.27. The maximum atomic E-state index is 12.9. The number of aryl methyl sites for hydroxylation is 3. The number of carbonyl (C=O) groups is 1. The van der Waals surface area contributed by atoms with Gasteiger partial charge < -0.3 is 9.84 Å². The van der Waals surface area contributed by atoms with Gasteiger partial charge in [-0.1, -0.05) is 41.9 Å². The van der Waals surface area contributed by atoms with Gasteiger partial charge in [-0.3, -0.25) is 4.79 Å². The molecule has 1 fully saturated rings. The van der Waals surface area contributed by atoms with E-state index in [1.165, 1.54) is 9.87 Å². The highest BCUT2D eigenvalue weighted by Gasteiger charge is 2.35. The van der Waals surface area contributed by atoms with Crippen molar-refractivity contribution < 1.29 is 17.7 Å². The second kappa shape index (κ2) is 8.67. The number of rotatable bonds is 6. The molecule has 1 aliphatic rings. The van der Waals surface area contributed by atoms with Gasteiger partial charge in [0.25, 0.3) is 0 Å². The van der Waals surface area contributed by atoms with E-state index in [0.29, 0.717) is 37.4 Å². The van der Waals surface area contributed by atoms with Crippen molar-refractivity contribution in [3.8, 4) is 0 Å². The van der Waals surface area contributed by atoms with Crippen LogP contribution < -0.4 is 5.32 Å². The van der Waals surface area contributed by atoms with Gasteiger partial charge in [-0.25, -0.2) is 8.42 Å². The Morgan fingerprint density at radius 2 is 1.83 bits per heavy atom. The number of amides is 1. The quantitative estimate of drug-likeness (QED) is 0.776. The Morgan fingerprint density at radius 3 is 2.34 bits per heavy atom. The summed E-state index contributed by atoms with van der Waals surface area (Å²) in [5, 5.41) is 6.89. The summed E-state index contributed by atoms with van der Waals surface area (Å²) in [5.41, 5.74) is 2.64. The average Bonchev–Trinajstić information content (AvgIpc) is 3.05. The molecular formula is C21H29N3O4S. The first-order chi connectivity index (χ1) is 13.7. The zero-order valence-electron chi connectivity index (χ0n) is 17.4. The Balaban J connectivity index is 1.62. The van der Waals surface area contributed by atoms with Gasteiger partial charge in [0, 0.05) is 19.0 Å². The van der Waals surface area contributed by atoms with Crippen LogP contribution in [-0.2, 0) is 14.8 Å². The van der Waals surface area contributed by atoms with E-state index in [0.717, 1.165) is 12.0 Å².